The zero-order valence-corrected chi connectivity index (χ0v) is 22.2. The summed E-state index contributed by atoms with van der Waals surface area (Å²) in [6.45, 7) is 15.8. The van der Waals surface area contributed by atoms with Gasteiger partial charge >= 0.3 is 0 Å². The molecule has 0 aromatic heterocycles. The van der Waals surface area contributed by atoms with E-state index in [0.717, 1.165) is 24.2 Å². The summed E-state index contributed by atoms with van der Waals surface area (Å²) in [5, 5.41) is 22.0. The van der Waals surface area contributed by atoms with Crippen LogP contribution in [0.15, 0.2) is 24.3 Å². The molecule has 4 nitrogen and oxygen atoms in total. The number of hydrogen-bond acceptors (Lipinski definition) is 4. The van der Waals surface area contributed by atoms with Crippen molar-refractivity contribution in [1.29, 1.82) is 0 Å². The van der Waals surface area contributed by atoms with Gasteiger partial charge in [-0.3, -0.25) is 0 Å². The highest BCUT2D eigenvalue weighted by molar-refractivity contribution is 6.35. The van der Waals surface area contributed by atoms with Gasteiger partial charge in [-0.25, -0.2) is 0 Å². The van der Waals surface area contributed by atoms with Gasteiger partial charge in [0, 0.05) is 42.3 Å². The zero-order chi connectivity index (χ0) is 24.4. The lowest BCUT2D eigenvalue weighted by Gasteiger charge is -2.29. The summed E-state index contributed by atoms with van der Waals surface area (Å²) >= 11 is 12.1. The Labute approximate surface area is 203 Å². The van der Waals surface area contributed by atoms with Crippen molar-refractivity contribution in [2.45, 2.75) is 65.5 Å². The Kier molecular flexibility index (Phi) is 8.55. The second kappa shape index (κ2) is 10.2. The molecule has 0 saturated heterocycles. The third kappa shape index (κ3) is 7.02. The Morgan fingerprint density at radius 2 is 1.22 bits per heavy atom. The average molecular weight is 482 g/mol. The third-order valence-electron chi connectivity index (χ3n) is 5.71. The first-order valence-electron chi connectivity index (χ1n) is 11.0. The summed E-state index contributed by atoms with van der Waals surface area (Å²) in [5.74, 6) is 0.471. The fourth-order valence-corrected chi connectivity index (χ4v) is 4.18. The van der Waals surface area contributed by atoms with Crippen LogP contribution >= 0.6 is 23.2 Å². The monoisotopic (exact) mass is 480 g/mol. The van der Waals surface area contributed by atoms with Crippen LogP contribution in [0.3, 0.4) is 0 Å². The number of aromatic hydroxyl groups is 2. The highest BCUT2D eigenvalue weighted by Gasteiger charge is 2.25. The maximum Gasteiger partial charge on any atom is 0.138 e. The van der Waals surface area contributed by atoms with Crippen molar-refractivity contribution in [3.05, 3.63) is 56.6 Å². The minimum Gasteiger partial charge on any atom is -0.507 e. The molecule has 178 valence electrons. The summed E-state index contributed by atoms with van der Waals surface area (Å²) in [6, 6.07) is 7.57. The zero-order valence-electron chi connectivity index (χ0n) is 20.7. The number of rotatable bonds is 7. The van der Waals surface area contributed by atoms with Crippen LogP contribution in [-0.4, -0.2) is 47.2 Å². The van der Waals surface area contributed by atoms with Crippen LogP contribution in [0.4, 0.5) is 0 Å². The molecule has 0 amide bonds. The first-order valence-corrected chi connectivity index (χ1v) is 11.8. The van der Waals surface area contributed by atoms with Crippen LogP contribution < -0.4 is 0 Å². The number of hydrogen-bond donors (Lipinski definition) is 2. The van der Waals surface area contributed by atoms with Gasteiger partial charge in [0.2, 0.25) is 0 Å². The number of likely N-dealkylation sites (N-methyl/N-ethyl adjacent to an activating group) is 2. The molecule has 0 unspecified atom stereocenters. The topological polar surface area (TPSA) is 46.9 Å². The van der Waals surface area contributed by atoms with E-state index < -0.39 is 0 Å². The molecule has 0 aliphatic rings. The lowest BCUT2D eigenvalue weighted by atomic mass is 9.79. The Bertz CT molecular complexity index is 946. The molecular formula is C26H38Cl2N2O2. The lowest BCUT2D eigenvalue weighted by Crippen LogP contribution is -2.30. The van der Waals surface area contributed by atoms with E-state index in [4.69, 9.17) is 23.2 Å². The molecule has 2 rings (SSSR count). The van der Waals surface area contributed by atoms with Crippen LogP contribution in [-0.2, 0) is 23.9 Å². The van der Waals surface area contributed by atoms with Gasteiger partial charge in [-0.15, -0.1) is 0 Å². The predicted octanol–water partition coefficient (Wildman–Crippen LogP) is 6.56. The Morgan fingerprint density at radius 3 is 1.69 bits per heavy atom. The molecule has 6 heteroatoms. The SMILES string of the molecule is CN(CCN(C)Cc1cc(C(C)(C)C)cc(C(C)(C)C)c1O)Cc1cc(Cl)cc(Cl)c1O. The number of phenols is 2. The van der Waals surface area contributed by atoms with Gasteiger partial charge in [0.05, 0.1) is 5.02 Å². The summed E-state index contributed by atoms with van der Waals surface area (Å²) in [6.07, 6.45) is 0. The van der Waals surface area contributed by atoms with E-state index in [1.54, 1.807) is 12.1 Å². The average Bonchev–Trinajstić information content (AvgIpc) is 2.63. The van der Waals surface area contributed by atoms with Gasteiger partial charge in [0.15, 0.2) is 0 Å². The molecule has 0 atom stereocenters. The van der Waals surface area contributed by atoms with Crippen LogP contribution in [0, 0.1) is 0 Å². The normalized spacial score (nSPS) is 12.8. The molecule has 2 N–H and O–H groups in total. The maximum absolute atomic E-state index is 11.0. The first-order chi connectivity index (χ1) is 14.6. The molecule has 0 bridgehead atoms. The second-order valence-corrected chi connectivity index (χ2v) is 11.7. The molecule has 0 aliphatic heterocycles. The van der Waals surface area contributed by atoms with Crippen LogP contribution in [0.2, 0.25) is 10.0 Å². The van der Waals surface area contributed by atoms with Gasteiger partial charge in [0.25, 0.3) is 0 Å². The van der Waals surface area contributed by atoms with Crippen molar-refractivity contribution >= 4 is 23.2 Å². The molecule has 0 radical (unpaired) electrons. The molecular weight excluding hydrogens is 443 g/mol. The smallest absolute Gasteiger partial charge is 0.138 e. The van der Waals surface area contributed by atoms with Crippen molar-refractivity contribution in [2.24, 2.45) is 0 Å². The van der Waals surface area contributed by atoms with Gasteiger partial charge in [-0.2, -0.15) is 0 Å². The van der Waals surface area contributed by atoms with Crippen LogP contribution in [0.25, 0.3) is 0 Å². The lowest BCUT2D eigenvalue weighted by molar-refractivity contribution is 0.243. The van der Waals surface area contributed by atoms with E-state index in [2.05, 4.69) is 70.5 Å². The third-order valence-corrected chi connectivity index (χ3v) is 6.22. The Hall–Kier alpha value is -1.46. The van der Waals surface area contributed by atoms with Crippen molar-refractivity contribution in [1.82, 2.24) is 9.80 Å². The fourth-order valence-electron chi connectivity index (χ4n) is 3.64. The van der Waals surface area contributed by atoms with Gasteiger partial charge in [-0.1, -0.05) is 76.9 Å². The number of halogens is 2. The summed E-state index contributed by atoms with van der Waals surface area (Å²) < 4.78 is 0. The van der Waals surface area contributed by atoms with Crippen molar-refractivity contribution in [3.8, 4) is 11.5 Å². The summed E-state index contributed by atoms with van der Waals surface area (Å²) in [5.41, 5.74) is 3.73. The number of phenolic OH excluding ortho intramolecular Hbond substituents is 2. The van der Waals surface area contributed by atoms with Gasteiger partial charge in [-0.05, 0) is 48.2 Å². The van der Waals surface area contributed by atoms with Crippen LogP contribution in [0.1, 0.15) is 63.8 Å². The maximum atomic E-state index is 11.0. The molecule has 0 aliphatic carbocycles. The fraction of sp³-hybridized carbons (Fsp3) is 0.538. The molecule has 2 aromatic rings. The van der Waals surface area contributed by atoms with Crippen molar-refractivity contribution in [3.63, 3.8) is 0 Å². The Morgan fingerprint density at radius 1 is 0.719 bits per heavy atom. The van der Waals surface area contributed by atoms with E-state index in [1.165, 1.54) is 5.56 Å². The summed E-state index contributed by atoms with van der Waals surface area (Å²) in [4.78, 5) is 4.32. The minimum atomic E-state index is -0.140. The van der Waals surface area contributed by atoms with E-state index >= 15 is 0 Å². The molecule has 0 fully saturated rings. The quantitative estimate of drug-likeness (QED) is 0.470. The van der Waals surface area contributed by atoms with Crippen molar-refractivity contribution < 1.29 is 10.2 Å². The molecule has 32 heavy (non-hydrogen) atoms. The molecule has 0 saturated carbocycles. The second-order valence-electron chi connectivity index (χ2n) is 10.9. The largest absolute Gasteiger partial charge is 0.507 e. The number of benzene rings is 2. The highest BCUT2D eigenvalue weighted by Crippen LogP contribution is 2.38. The number of nitrogens with zero attached hydrogens (tertiary/aromatic N) is 2. The van der Waals surface area contributed by atoms with Crippen molar-refractivity contribution in [2.75, 3.05) is 27.2 Å². The van der Waals surface area contributed by atoms with E-state index in [-0.39, 0.29) is 21.6 Å². The van der Waals surface area contributed by atoms with E-state index in [9.17, 15) is 10.2 Å². The first kappa shape index (κ1) is 26.8. The molecule has 0 spiro atoms. The van der Waals surface area contributed by atoms with Gasteiger partial charge < -0.3 is 20.0 Å². The van der Waals surface area contributed by atoms with E-state index in [1.807, 2.05) is 7.05 Å². The minimum absolute atomic E-state index is 0.00146. The Balaban J connectivity index is 2.12. The highest BCUT2D eigenvalue weighted by atomic mass is 35.5. The van der Waals surface area contributed by atoms with Crippen LogP contribution in [0.5, 0.6) is 11.5 Å². The van der Waals surface area contributed by atoms with Gasteiger partial charge in [0.1, 0.15) is 11.5 Å². The van der Waals surface area contributed by atoms with E-state index in [0.29, 0.717) is 29.4 Å². The summed E-state index contributed by atoms with van der Waals surface area (Å²) in [7, 11) is 4.05. The standard InChI is InChI=1S/C26H38Cl2N2O2/c1-25(2,3)19-11-17(23(31)21(13-19)26(4,5)6)15-29(7)9-10-30(8)16-18-12-20(27)14-22(28)24(18)32/h11-14,31-32H,9-10,15-16H2,1-8H3. The molecule has 0 heterocycles. The molecule has 2 aromatic carbocycles. The predicted molar refractivity (Wildman–Crippen MR) is 136 cm³/mol.